The first-order valence-electron chi connectivity index (χ1n) is 3.20. The van der Waals surface area contributed by atoms with Crippen LogP contribution in [-0.2, 0) is 16.0 Å². The van der Waals surface area contributed by atoms with E-state index in [1.807, 2.05) is 0 Å². The summed E-state index contributed by atoms with van der Waals surface area (Å²) < 4.78 is 9.48. The molecule has 0 saturated heterocycles. The smallest absolute Gasteiger partial charge is 0.313 e. The highest BCUT2D eigenvalue weighted by molar-refractivity contribution is 5.71. The Labute approximate surface area is 64.2 Å². The molecule has 0 unspecified atom stereocenters. The minimum atomic E-state index is -0.318. The van der Waals surface area contributed by atoms with Crippen molar-refractivity contribution in [1.29, 1.82) is 0 Å². The number of aryl methyl sites for hydroxylation is 1. The Morgan fingerprint density at radius 3 is 3.00 bits per heavy atom. The molecular weight excluding hydrogens is 146 g/mol. The molecule has 0 aromatic carbocycles. The molecule has 0 bridgehead atoms. The number of methoxy groups -OCH3 is 1. The molecule has 0 saturated carbocycles. The molecule has 0 radical (unpaired) electrons. The summed E-state index contributed by atoms with van der Waals surface area (Å²) in [5, 5.41) is 0. The fourth-order valence-electron chi connectivity index (χ4n) is 0.701. The monoisotopic (exact) mass is 155 g/mol. The van der Waals surface area contributed by atoms with Crippen LogP contribution in [0.3, 0.4) is 0 Å². The molecule has 0 N–H and O–H groups in total. The van der Waals surface area contributed by atoms with Crippen LogP contribution in [0.1, 0.15) is 11.7 Å². The summed E-state index contributed by atoms with van der Waals surface area (Å²) in [6.45, 7) is 1.72. The van der Waals surface area contributed by atoms with E-state index >= 15 is 0 Å². The van der Waals surface area contributed by atoms with E-state index in [9.17, 15) is 4.79 Å². The molecule has 1 rings (SSSR count). The number of hydrogen-bond donors (Lipinski definition) is 0. The number of carbonyl (C=O) groups excluding carboxylic acids is 1. The third-order valence-corrected chi connectivity index (χ3v) is 1.22. The maximum absolute atomic E-state index is 10.7. The van der Waals surface area contributed by atoms with Crippen molar-refractivity contribution in [3.05, 3.63) is 17.8 Å². The van der Waals surface area contributed by atoms with Gasteiger partial charge in [-0.05, 0) is 0 Å². The second kappa shape index (κ2) is 3.18. The molecule has 0 aliphatic carbocycles. The molecule has 0 aliphatic heterocycles. The molecule has 4 nitrogen and oxygen atoms in total. The van der Waals surface area contributed by atoms with E-state index in [0.29, 0.717) is 11.7 Å². The van der Waals surface area contributed by atoms with Crippen LogP contribution in [-0.4, -0.2) is 18.1 Å². The first-order valence-corrected chi connectivity index (χ1v) is 3.20. The summed E-state index contributed by atoms with van der Waals surface area (Å²) in [7, 11) is 1.34. The van der Waals surface area contributed by atoms with Crippen molar-refractivity contribution in [3.8, 4) is 0 Å². The molecule has 0 aliphatic rings. The number of carbonyl (C=O) groups is 1. The number of rotatable bonds is 2. The molecule has 0 amide bonds. The molecule has 0 fully saturated rings. The number of ether oxygens (including phenoxy) is 1. The highest BCUT2D eigenvalue weighted by atomic mass is 16.5. The molecule has 4 heteroatoms. The average Bonchev–Trinajstić information content (AvgIpc) is 2.35. The highest BCUT2D eigenvalue weighted by Crippen LogP contribution is 2.02. The maximum Gasteiger partial charge on any atom is 0.313 e. The Bertz CT molecular complexity index is 254. The largest absolute Gasteiger partial charge is 0.469 e. The van der Waals surface area contributed by atoms with Crippen LogP contribution in [0.4, 0.5) is 0 Å². The topological polar surface area (TPSA) is 52.3 Å². The molecule has 0 spiro atoms. The normalized spacial score (nSPS) is 9.64. The van der Waals surface area contributed by atoms with Crippen molar-refractivity contribution in [2.24, 2.45) is 0 Å². The lowest BCUT2D eigenvalue weighted by atomic mass is 10.4. The zero-order chi connectivity index (χ0) is 8.27. The summed E-state index contributed by atoms with van der Waals surface area (Å²) in [6, 6.07) is 0. The summed E-state index contributed by atoms with van der Waals surface area (Å²) in [6.07, 6.45) is 1.67. The first-order chi connectivity index (χ1) is 5.22. The SMILES string of the molecule is COC(=O)Cc1cnc(C)o1. The number of aromatic nitrogens is 1. The second-order valence-electron chi connectivity index (χ2n) is 2.10. The quantitative estimate of drug-likeness (QED) is 0.590. The van der Waals surface area contributed by atoms with Crippen molar-refractivity contribution in [2.45, 2.75) is 13.3 Å². The van der Waals surface area contributed by atoms with Crippen molar-refractivity contribution >= 4 is 5.97 Å². The van der Waals surface area contributed by atoms with E-state index in [1.165, 1.54) is 13.3 Å². The van der Waals surface area contributed by atoms with Gasteiger partial charge in [-0.1, -0.05) is 0 Å². The highest BCUT2D eigenvalue weighted by Gasteiger charge is 2.06. The van der Waals surface area contributed by atoms with Crippen molar-refractivity contribution < 1.29 is 13.9 Å². The van der Waals surface area contributed by atoms with Gasteiger partial charge in [0.1, 0.15) is 12.2 Å². The van der Waals surface area contributed by atoms with Gasteiger partial charge in [-0.2, -0.15) is 0 Å². The number of esters is 1. The predicted molar refractivity (Wildman–Crippen MR) is 37.0 cm³/mol. The van der Waals surface area contributed by atoms with Crippen molar-refractivity contribution in [3.63, 3.8) is 0 Å². The lowest BCUT2D eigenvalue weighted by Crippen LogP contribution is -2.03. The summed E-state index contributed by atoms with van der Waals surface area (Å²) in [5.41, 5.74) is 0. The molecule has 1 aromatic heterocycles. The van der Waals surface area contributed by atoms with Crippen molar-refractivity contribution in [1.82, 2.24) is 4.98 Å². The standard InChI is InChI=1S/C7H9NO3/c1-5-8-4-6(11-5)3-7(9)10-2/h4H,3H2,1-2H3. The molecule has 60 valence electrons. The van der Waals surface area contributed by atoms with Gasteiger partial charge in [-0.3, -0.25) is 4.79 Å². The lowest BCUT2D eigenvalue weighted by molar-refractivity contribution is -0.140. The number of hydrogen-bond acceptors (Lipinski definition) is 4. The van der Waals surface area contributed by atoms with Gasteiger partial charge >= 0.3 is 5.97 Å². The van der Waals surface area contributed by atoms with E-state index < -0.39 is 0 Å². The summed E-state index contributed by atoms with van der Waals surface area (Å²) in [5.74, 6) is 0.777. The van der Waals surface area contributed by atoms with Gasteiger partial charge < -0.3 is 9.15 Å². The van der Waals surface area contributed by atoms with E-state index in [2.05, 4.69) is 9.72 Å². The lowest BCUT2D eigenvalue weighted by Gasteiger charge is -1.92. The molecule has 1 aromatic rings. The Morgan fingerprint density at radius 1 is 1.82 bits per heavy atom. The van der Waals surface area contributed by atoms with Crippen LogP contribution < -0.4 is 0 Å². The van der Waals surface area contributed by atoms with Gasteiger partial charge in [-0.25, -0.2) is 4.98 Å². The predicted octanol–water partition coefficient (Wildman–Crippen LogP) is 0.699. The van der Waals surface area contributed by atoms with Crippen LogP contribution in [0.25, 0.3) is 0 Å². The van der Waals surface area contributed by atoms with Crippen LogP contribution in [0, 0.1) is 6.92 Å². The van der Waals surface area contributed by atoms with E-state index in [0.717, 1.165) is 0 Å². The zero-order valence-corrected chi connectivity index (χ0v) is 6.46. The Hall–Kier alpha value is -1.32. The van der Waals surface area contributed by atoms with E-state index in [-0.39, 0.29) is 12.4 Å². The summed E-state index contributed by atoms with van der Waals surface area (Å²) in [4.78, 5) is 14.5. The van der Waals surface area contributed by atoms with Gasteiger partial charge in [0.25, 0.3) is 0 Å². The molecular formula is C7H9NO3. The number of nitrogens with zero attached hydrogens (tertiary/aromatic N) is 1. The first kappa shape index (κ1) is 7.78. The van der Waals surface area contributed by atoms with Crippen LogP contribution in [0.2, 0.25) is 0 Å². The summed E-state index contributed by atoms with van der Waals surface area (Å²) >= 11 is 0. The molecule has 1 heterocycles. The van der Waals surface area contributed by atoms with Crippen molar-refractivity contribution in [2.75, 3.05) is 7.11 Å². The van der Waals surface area contributed by atoms with Gasteiger partial charge in [0.05, 0.1) is 13.3 Å². The van der Waals surface area contributed by atoms with E-state index in [4.69, 9.17) is 4.42 Å². The third kappa shape index (κ3) is 2.07. The maximum atomic E-state index is 10.7. The fraction of sp³-hybridized carbons (Fsp3) is 0.429. The Balaban J connectivity index is 2.57. The Morgan fingerprint density at radius 2 is 2.55 bits per heavy atom. The van der Waals surface area contributed by atoms with Crippen LogP contribution in [0.15, 0.2) is 10.6 Å². The van der Waals surface area contributed by atoms with E-state index in [1.54, 1.807) is 6.92 Å². The Kier molecular flexibility index (Phi) is 2.25. The molecule has 11 heavy (non-hydrogen) atoms. The number of oxazole rings is 1. The third-order valence-electron chi connectivity index (χ3n) is 1.22. The average molecular weight is 155 g/mol. The minimum absolute atomic E-state index is 0.150. The fourth-order valence-corrected chi connectivity index (χ4v) is 0.701. The van der Waals surface area contributed by atoms with Gasteiger partial charge in [-0.15, -0.1) is 0 Å². The van der Waals surface area contributed by atoms with Gasteiger partial charge in [0.2, 0.25) is 0 Å². The van der Waals surface area contributed by atoms with Crippen LogP contribution in [0.5, 0.6) is 0 Å². The zero-order valence-electron chi connectivity index (χ0n) is 6.46. The van der Waals surface area contributed by atoms with Gasteiger partial charge in [0, 0.05) is 6.92 Å². The minimum Gasteiger partial charge on any atom is -0.469 e. The van der Waals surface area contributed by atoms with Crippen LogP contribution >= 0.6 is 0 Å². The van der Waals surface area contributed by atoms with Gasteiger partial charge in [0.15, 0.2) is 5.89 Å². The molecule has 0 atom stereocenters. The second-order valence-corrected chi connectivity index (χ2v) is 2.10.